The zero-order valence-electron chi connectivity index (χ0n) is 19.8. The Morgan fingerprint density at radius 1 is 0.471 bits per heavy atom. The van der Waals surface area contributed by atoms with Crippen molar-refractivity contribution >= 4 is 0 Å². The lowest BCUT2D eigenvalue weighted by atomic mass is 9.75. The van der Waals surface area contributed by atoms with E-state index < -0.39 is 11.7 Å². The third-order valence-corrected chi connectivity index (χ3v) is 6.44. The Morgan fingerprint density at radius 3 is 1.09 bits per heavy atom. The second kappa shape index (κ2) is 10.6. The van der Waals surface area contributed by atoms with Crippen molar-refractivity contribution in [2.45, 2.75) is 37.9 Å². The topological polar surface area (TPSA) is 80.9 Å². The van der Waals surface area contributed by atoms with E-state index in [1.165, 1.54) is 0 Å². The van der Waals surface area contributed by atoms with Gasteiger partial charge in [0.25, 0.3) is 0 Å². The summed E-state index contributed by atoms with van der Waals surface area (Å²) in [6.07, 6.45) is -1.44. The van der Waals surface area contributed by atoms with E-state index in [0.29, 0.717) is 0 Å². The molecule has 0 heterocycles. The van der Waals surface area contributed by atoms with Crippen LogP contribution in [0.25, 0.3) is 0 Å². The lowest BCUT2D eigenvalue weighted by Crippen LogP contribution is -2.37. The molecule has 0 aliphatic rings. The summed E-state index contributed by atoms with van der Waals surface area (Å²) in [5.41, 5.74) is 3.08. The van der Waals surface area contributed by atoms with Crippen molar-refractivity contribution in [1.82, 2.24) is 0 Å². The van der Waals surface area contributed by atoms with E-state index in [1.54, 1.807) is 24.3 Å². The first-order chi connectivity index (χ1) is 16.2. The summed E-state index contributed by atoms with van der Waals surface area (Å²) in [6.45, 7) is 6.07. The van der Waals surface area contributed by atoms with Crippen LogP contribution in [-0.4, -0.2) is 26.7 Å². The Labute approximate surface area is 201 Å². The molecule has 0 atom stereocenters. The van der Waals surface area contributed by atoms with Gasteiger partial charge in [0.05, 0.1) is 5.41 Å². The van der Waals surface area contributed by atoms with Gasteiger partial charge in [-0.15, -0.1) is 0 Å². The molecule has 0 bridgehead atoms. The minimum atomic E-state index is -1.44. The lowest BCUT2D eigenvalue weighted by molar-refractivity contribution is -0.0820. The van der Waals surface area contributed by atoms with Crippen LogP contribution in [0.2, 0.25) is 0 Å². The Kier molecular flexibility index (Phi) is 7.77. The zero-order chi connectivity index (χ0) is 24.8. The van der Waals surface area contributed by atoms with E-state index >= 15 is 0 Å². The highest BCUT2D eigenvalue weighted by Crippen LogP contribution is 2.34. The fourth-order valence-corrected chi connectivity index (χ4v) is 3.96. The molecule has 4 N–H and O–H groups in total. The smallest absolute Gasteiger partial charge is 0.165 e. The van der Waals surface area contributed by atoms with E-state index in [9.17, 15) is 20.4 Å². The number of hydrogen-bond donors (Lipinski definition) is 4. The van der Waals surface area contributed by atoms with Crippen LogP contribution in [0.1, 0.15) is 43.0 Å². The third kappa shape index (κ3) is 5.48. The van der Waals surface area contributed by atoms with Crippen molar-refractivity contribution in [3.8, 4) is 11.5 Å². The number of aliphatic hydroxyl groups is 2. The molecule has 0 radical (unpaired) electrons. The van der Waals surface area contributed by atoms with Gasteiger partial charge in [0, 0.05) is 5.41 Å². The summed E-state index contributed by atoms with van der Waals surface area (Å²) in [7, 11) is 0. The van der Waals surface area contributed by atoms with E-state index in [1.807, 2.05) is 91.9 Å². The SMILES string of the molecule is CC(C)(c1ccc(O)cc1)c1ccc(O)cc1.CC(c1ccccc1)(c1ccccc1)C(O)O. The van der Waals surface area contributed by atoms with Gasteiger partial charge in [-0.3, -0.25) is 0 Å². The highest BCUT2D eigenvalue weighted by atomic mass is 16.5. The van der Waals surface area contributed by atoms with E-state index in [-0.39, 0.29) is 16.9 Å². The van der Waals surface area contributed by atoms with Crippen LogP contribution >= 0.6 is 0 Å². The number of aromatic hydroxyl groups is 2. The zero-order valence-corrected chi connectivity index (χ0v) is 19.8. The number of aliphatic hydroxyl groups excluding tert-OH is 1. The molecule has 0 aromatic heterocycles. The van der Waals surface area contributed by atoms with E-state index in [4.69, 9.17) is 0 Å². The Hall–Kier alpha value is -3.60. The van der Waals surface area contributed by atoms with Gasteiger partial charge >= 0.3 is 0 Å². The Bertz CT molecular complexity index is 1060. The molecular formula is C30H32O4. The Morgan fingerprint density at radius 2 is 0.794 bits per heavy atom. The Balaban J connectivity index is 0.000000191. The van der Waals surface area contributed by atoms with Crippen molar-refractivity contribution in [3.05, 3.63) is 131 Å². The predicted molar refractivity (Wildman–Crippen MR) is 136 cm³/mol. The second-order valence-corrected chi connectivity index (χ2v) is 9.03. The molecule has 176 valence electrons. The fourth-order valence-electron chi connectivity index (χ4n) is 3.96. The van der Waals surface area contributed by atoms with Gasteiger partial charge in [-0.1, -0.05) is 98.8 Å². The average Bonchev–Trinajstić information content (AvgIpc) is 2.85. The molecule has 34 heavy (non-hydrogen) atoms. The van der Waals surface area contributed by atoms with Gasteiger partial charge in [0.1, 0.15) is 11.5 Å². The van der Waals surface area contributed by atoms with Gasteiger partial charge in [-0.2, -0.15) is 0 Å². The third-order valence-electron chi connectivity index (χ3n) is 6.44. The molecule has 0 amide bonds. The largest absolute Gasteiger partial charge is 0.508 e. The minimum Gasteiger partial charge on any atom is -0.508 e. The molecule has 0 aliphatic carbocycles. The molecule has 0 spiro atoms. The molecule has 4 aromatic rings. The van der Waals surface area contributed by atoms with Crippen molar-refractivity contribution in [3.63, 3.8) is 0 Å². The fraction of sp³-hybridized carbons (Fsp3) is 0.200. The van der Waals surface area contributed by atoms with Crippen molar-refractivity contribution < 1.29 is 20.4 Å². The number of benzene rings is 4. The lowest BCUT2D eigenvalue weighted by Gasteiger charge is -2.32. The van der Waals surface area contributed by atoms with Crippen molar-refractivity contribution in [1.29, 1.82) is 0 Å². The van der Waals surface area contributed by atoms with Crippen LogP contribution in [0.3, 0.4) is 0 Å². The van der Waals surface area contributed by atoms with Gasteiger partial charge in [0.15, 0.2) is 6.29 Å². The first-order valence-corrected chi connectivity index (χ1v) is 11.2. The number of rotatable bonds is 5. The van der Waals surface area contributed by atoms with E-state index in [2.05, 4.69) is 13.8 Å². The van der Waals surface area contributed by atoms with Gasteiger partial charge < -0.3 is 20.4 Å². The molecule has 0 saturated carbocycles. The summed E-state index contributed by atoms with van der Waals surface area (Å²) in [5.74, 6) is 0.547. The van der Waals surface area contributed by atoms with Gasteiger partial charge in [-0.25, -0.2) is 0 Å². The first-order valence-electron chi connectivity index (χ1n) is 11.2. The molecule has 0 aliphatic heterocycles. The normalized spacial score (nSPS) is 11.6. The molecule has 0 unspecified atom stereocenters. The van der Waals surface area contributed by atoms with Gasteiger partial charge in [-0.05, 0) is 53.4 Å². The summed E-state index contributed by atoms with van der Waals surface area (Å²) in [4.78, 5) is 0. The van der Waals surface area contributed by atoms with E-state index in [0.717, 1.165) is 22.3 Å². The van der Waals surface area contributed by atoms with Crippen LogP contribution in [-0.2, 0) is 10.8 Å². The maximum absolute atomic E-state index is 9.73. The molecule has 4 nitrogen and oxygen atoms in total. The molecule has 0 fully saturated rings. The van der Waals surface area contributed by atoms with Crippen LogP contribution < -0.4 is 0 Å². The van der Waals surface area contributed by atoms with Crippen molar-refractivity contribution in [2.24, 2.45) is 0 Å². The summed E-state index contributed by atoms with van der Waals surface area (Å²) < 4.78 is 0. The minimum absolute atomic E-state index is 0.151. The number of phenols is 2. The molecule has 0 saturated heterocycles. The van der Waals surface area contributed by atoms with Crippen LogP contribution in [0.4, 0.5) is 0 Å². The summed E-state index contributed by atoms with van der Waals surface area (Å²) >= 11 is 0. The van der Waals surface area contributed by atoms with Crippen LogP contribution in [0.15, 0.2) is 109 Å². The molecule has 4 heteroatoms. The molecular weight excluding hydrogens is 424 g/mol. The standard InChI is InChI=1S/2C15H16O2/c1-15(2,11-3-7-13(16)8-4-11)12-5-9-14(17)10-6-12;1-15(14(16)17,12-8-4-2-5-9-12)13-10-6-3-7-11-13/h3-10,16-17H,1-2H3;2-11,14,16-17H,1H3. The van der Waals surface area contributed by atoms with Crippen LogP contribution in [0, 0.1) is 0 Å². The predicted octanol–water partition coefficient (Wildman–Crippen LogP) is 5.73. The summed E-state index contributed by atoms with van der Waals surface area (Å²) in [6, 6.07) is 33.5. The van der Waals surface area contributed by atoms with Crippen molar-refractivity contribution in [2.75, 3.05) is 0 Å². The van der Waals surface area contributed by atoms with Gasteiger partial charge in [0.2, 0.25) is 0 Å². The number of phenolic OH excluding ortho intramolecular Hbond substituents is 2. The highest BCUT2D eigenvalue weighted by molar-refractivity contribution is 5.41. The highest BCUT2D eigenvalue weighted by Gasteiger charge is 2.35. The number of hydrogen-bond acceptors (Lipinski definition) is 4. The molecule has 4 rings (SSSR count). The first kappa shape index (κ1) is 25.0. The monoisotopic (exact) mass is 456 g/mol. The maximum atomic E-state index is 9.73. The quantitative estimate of drug-likeness (QED) is 0.289. The maximum Gasteiger partial charge on any atom is 0.165 e. The average molecular weight is 457 g/mol. The summed E-state index contributed by atoms with van der Waals surface area (Å²) in [5, 5.41) is 38.1. The molecule has 4 aromatic carbocycles. The van der Waals surface area contributed by atoms with Crippen LogP contribution in [0.5, 0.6) is 11.5 Å². The second-order valence-electron chi connectivity index (χ2n) is 9.03.